The summed E-state index contributed by atoms with van der Waals surface area (Å²) in [6, 6.07) is 7.28. The highest BCUT2D eigenvalue weighted by molar-refractivity contribution is 8.14. The van der Waals surface area contributed by atoms with E-state index in [4.69, 9.17) is 16.1 Å². The first-order valence-electron chi connectivity index (χ1n) is 4.49. The number of hydrogen-bond acceptors (Lipinski definition) is 4. The molecule has 0 aliphatic carbocycles. The van der Waals surface area contributed by atoms with Crippen molar-refractivity contribution >= 4 is 36.2 Å². The number of halogens is 1. The van der Waals surface area contributed by atoms with Crippen molar-refractivity contribution < 1.29 is 13.5 Å². The van der Waals surface area contributed by atoms with E-state index in [2.05, 4.69) is 4.98 Å². The van der Waals surface area contributed by atoms with Gasteiger partial charge >= 0.3 is 5.69 Å². The fourth-order valence-electron chi connectivity index (χ4n) is 1.60. The number of phenols is 1. The zero-order valence-electron chi connectivity index (χ0n) is 8.33. The molecule has 7 heteroatoms. The Morgan fingerprint density at radius 2 is 1.94 bits per heavy atom. The van der Waals surface area contributed by atoms with Crippen LogP contribution in [-0.2, 0) is 9.05 Å². The van der Waals surface area contributed by atoms with Crippen LogP contribution in [0.1, 0.15) is 0 Å². The molecule has 0 unspecified atom stereocenters. The van der Waals surface area contributed by atoms with Gasteiger partial charge in [-0.15, -0.1) is 0 Å². The monoisotopic (exact) mass is 269 g/mol. The van der Waals surface area contributed by atoms with Crippen LogP contribution < -0.4 is 0 Å². The Hall–Kier alpha value is -1.84. The molecule has 0 radical (unpaired) electrons. The second-order valence-corrected chi connectivity index (χ2v) is 5.86. The van der Waals surface area contributed by atoms with Crippen molar-refractivity contribution in [3.8, 4) is 5.75 Å². The Morgan fingerprint density at radius 1 is 1.24 bits per heavy atom. The molecule has 0 spiro atoms. The molecule has 0 aliphatic heterocycles. The first kappa shape index (κ1) is 11.6. The molecule has 1 N–H and O–H groups in total. The third-order valence-electron chi connectivity index (χ3n) is 2.33. The summed E-state index contributed by atoms with van der Waals surface area (Å²) in [4.78, 5) is 2.63. The van der Waals surface area contributed by atoms with Gasteiger partial charge in [-0.05, 0) is 17.5 Å². The summed E-state index contributed by atoms with van der Waals surface area (Å²) in [6.45, 7) is 0. The van der Waals surface area contributed by atoms with E-state index in [0.717, 1.165) is 0 Å². The van der Waals surface area contributed by atoms with E-state index in [1.54, 1.807) is 6.07 Å². The van der Waals surface area contributed by atoms with Crippen LogP contribution in [0.3, 0.4) is 0 Å². The molecular formula is C10H6ClN2O3S+. The quantitative estimate of drug-likeness (QED) is 0.637. The van der Waals surface area contributed by atoms with Crippen LogP contribution in [0.15, 0.2) is 35.2 Å². The summed E-state index contributed by atoms with van der Waals surface area (Å²) in [5.41, 5.74) is -0.120. The minimum atomic E-state index is -3.99. The topological polar surface area (TPSA) is 82.5 Å². The average molecular weight is 270 g/mol. The molecule has 0 heterocycles. The highest BCUT2D eigenvalue weighted by atomic mass is 35.7. The van der Waals surface area contributed by atoms with Crippen molar-refractivity contribution in [1.82, 2.24) is 0 Å². The molecule has 0 amide bonds. The first-order chi connectivity index (χ1) is 7.95. The Balaban J connectivity index is 3.03. The second kappa shape index (κ2) is 3.87. The molecule has 5 nitrogen and oxygen atoms in total. The zero-order valence-corrected chi connectivity index (χ0v) is 9.90. The summed E-state index contributed by atoms with van der Waals surface area (Å²) in [6.07, 6.45) is 0. The number of aromatic hydroxyl groups is 1. The van der Waals surface area contributed by atoms with Crippen molar-refractivity contribution in [2.75, 3.05) is 0 Å². The molecule has 0 fully saturated rings. The lowest BCUT2D eigenvalue weighted by molar-refractivity contribution is 0.483. The Morgan fingerprint density at radius 3 is 2.53 bits per heavy atom. The Bertz CT molecular complexity index is 750. The highest BCUT2D eigenvalue weighted by Gasteiger charge is 2.23. The third-order valence-corrected chi connectivity index (χ3v) is 3.69. The van der Waals surface area contributed by atoms with Gasteiger partial charge in [0.05, 0.1) is 10.3 Å². The van der Waals surface area contributed by atoms with Crippen LogP contribution in [-0.4, -0.2) is 13.5 Å². The number of benzene rings is 2. The molecule has 0 bridgehead atoms. The van der Waals surface area contributed by atoms with Gasteiger partial charge in [-0.2, -0.15) is 0 Å². The molecule has 2 aromatic rings. The van der Waals surface area contributed by atoms with E-state index in [-0.39, 0.29) is 16.0 Å². The van der Waals surface area contributed by atoms with Crippen LogP contribution in [0, 0.1) is 5.39 Å². The predicted molar refractivity (Wildman–Crippen MR) is 63.4 cm³/mol. The largest absolute Gasteiger partial charge is 0.501 e. The molecule has 2 aromatic carbocycles. The maximum atomic E-state index is 11.4. The van der Waals surface area contributed by atoms with Gasteiger partial charge in [-0.1, -0.05) is 12.1 Å². The summed E-state index contributed by atoms with van der Waals surface area (Å²) < 4.78 is 22.7. The standard InChI is InChI=1S/C10H5ClN2O3S/c11-17(15,16)8-3-1-2-6-4-5-7(13-12)10(14)9(6)8/h1-5H/p+1. The lowest BCUT2D eigenvalue weighted by Crippen LogP contribution is -1.92. The molecular weight excluding hydrogens is 264 g/mol. The van der Waals surface area contributed by atoms with Gasteiger partial charge in [-0.25, -0.2) is 8.42 Å². The summed E-state index contributed by atoms with van der Waals surface area (Å²) in [5, 5.41) is 19.0. The molecule has 0 aromatic heterocycles. The lowest BCUT2D eigenvalue weighted by Gasteiger charge is -2.03. The van der Waals surface area contributed by atoms with E-state index in [9.17, 15) is 13.5 Å². The maximum absolute atomic E-state index is 11.4. The van der Waals surface area contributed by atoms with Crippen molar-refractivity contribution in [3.05, 3.63) is 35.3 Å². The molecule has 17 heavy (non-hydrogen) atoms. The van der Waals surface area contributed by atoms with Crippen molar-refractivity contribution in [2.45, 2.75) is 4.90 Å². The fourth-order valence-corrected chi connectivity index (χ4v) is 2.69. The molecule has 0 saturated heterocycles. The number of phenolic OH excluding ortho intramolecular Hbond substituents is 1. The second-order valence-electron chi connectivity index (χ2n) is 3.33. The van der Waals surface area contributed by atoms with Crippen LogP contribution in [0.5, 0.6) is 5.75 Å². The van der Waals surface area contributed by atoms with Crippen molar-refractivity contribution in [3.63, 3.8) is 0 Å². The maximum Gasteiger partial charge on any atom is 0.426 e. The fraction of sp³-hybridized carbons (Fsp3) is 0. The van der Waals surface area contributed by atoms with Crippen LogP contribution in [0.2, 0.25) is 0 Å². The Kier molecular flexibility index (Phi) is 2.65. The summed E-state index contributed by atoms with van der Waals surface area (Å²) in [7, 11) is 1.29. The van der Waals surface area contributed by atoms with Crippen molar-refractivity contribution in [1.29, 1.82) is 5.39 Å². The van der Waals surface area contributed by atoms with Gasteiger partial charge in [0.15, 0.2) is 4.98 Å². The third kappa shape index (κ3) is 1.90. The van der Waals surface area contributed by atoms with Crippen LogP contribution >= 0.6 is 10.7 Å². The number of diazo groups is 1. The number of hydrogen-bond donors (Lipinski definition) is 1. The van der Waals surface area contributed by atoms with Crippen LogP contribution in [0.4, 0.5) is 5.69 Å². The number of nitrogens with zero attached hydrogens (tertiary/aromatic N) is 2. The normalized spacial score (nSPS) is 11.3. The molecule has 0 saturated carbocycles. The van der Waals surface area contributed by atoms with E-state index < -0.39 is 14.8 Å². The van der Waals surface area contributed by atoms with Gasteiger partial charge in [0.2, 0.25) is 11.1 Å². The van der Waals surface area contributed by atoms with E-state index in [1.807, 2.05) is 0 Å². The SMILES string of the molecule is N#[N+]c1ccc2cccc(S(=O)(=O)Cl)c2c1O. The molecule has 2 rings (SSSR count). The van der Waals surface area contributed by atoms with E-state index in [1.165, 1.54) is 24.3 Å². The van der Waals surface area contributed by atoms with Gasteiger partial charge in [0.1, 0.15) is 0 Å². The van der Waals surface area contributed by atoms with Gasteiger partial charge in [0, 0.05) is 16.7 Å². The minimum absolute atomic E-state index is 0.0396. The molecule has 0 atom stereocenters. The smallest absolute Gasteiger partial charge is 0.426 e. The van der Waals surface area contributed by atoms with Gasteiger partial charge in [-0.3, -0.25) is 0 Å². The van der Waals surface area contributed by atoms with E-state index in [0.29, 0.717) is 5.39 Å². The van der Waals surface area contributed by atoms with Gasteiger partial charge < -0.3 is 5.11 Å². The Labute approximate surface area is 101 Å². The number of fused-ring (bicyclic) bond motifs is 1. The van der Waals surface area contributed by atoms with E-state index >= 15 is 0 Å². The number of rotatable bonds is 1. The predicted octanol–water partition coefficient (Wildman–Crippen LogP) is 2.96. The molecule has 86 valence electrons. The zero-order chi connectivity index (χ0) is 12.6. The lowest BCUT2D eigenvalue weighted by atomic mass is 10.1. The average Bonchev–Trinajstić information content (AvgIpc) is 2.28. The highest BCUT2D eigenvalue weighted by Crippen LogP contribution is 2.39. The summed E-state index contributed by atoms with van der Waals surface area (Å²) in [5.74, 6) is -0.426. The minimum Gasteiger partial charge on any atom is -0.501 e. The molecule has 0 aliphatic rings. The van der Waals surface area contributed by atoms with Gasteiger partial charge in [0.25, 0.3) is 9.05 Å². The van der Waals surface area contributed by atoms with Crippen LogP contribution in [0.25, 0.3) is 15.7 Å². The first-order valence-corrected chi connectivity index (χ1v) is 6.80. The van der Waals surface area contributed by atoms with Crippen molar-refractivity contribution in [2.24, 2.45) is 0 Å². The summed E-state index contributed by atoms with van der Waals surface area (Å²) >= 11 is 0.